The van der Waals surface area contributed by atoms with Crippen LogP contribution in [0.25, 0.3) is 10.2 Å². The highest BCUT2D eigenvalue weighted by Gasteiger charge is 2.45. The Kier molecular flexibility index (Phi) is 5.55. The Balaban J connectivity index is 1.52. The lowest BCUT2D eigenvalue weighted by Crippen LogP contribution is -2.30. The Morgan fingerprint density at radius 2 is 1.94 bits per heavy atom. The minimum absolute atomic E-state index is 0.130. The Labute approximate surface area is 197 Å². The van der Waals surface area contributed by atoms with E-state index in [1.807, 2.05) is 47.8 Å². The zero-order chi connectivity index (χ0) is 22.2. The number of thiophene rings is 1. The van der Waals surface area contributed by atoms with Crippen molar-refractivity contribution < 1.29 is 14.7 Å². The van der Waals surface area contributed by atoms with Gasteiger partial charge in [-0.05, 0) is 41.6 Å². The first-order chi connectivity index (χ1) is 15.5. The fourth-order valence-electron chi connectivity index (χ4n) is 3.83. The van der Waals surface area contributed by atoms with Crippen LogP contribution in [0.4, 0.5) is 5.13 Å². The van der Waals surface area contributed by atoms with Gasteiger partial charge in [-0.15, -0.1) is 11.3 Å². The van der Waals surface area contributed by atoms with E-state index in [4.69, 9.17) is 11.6 Å². The van der Waals surface area contributed by atoms with Crippen LogP contribution >= 0.6 is 34.3 Å². The van der Waals surface area contributed by atoms with E-state index in [9.17, 15) is 14.7 Å². The Hall–Kier alpha value is -3.00. The molecule has 0 fully saturated rings. The summed E-state index contributed by atoms with van der Waals surface area (Å²) in [6.45, 7) is 0. The molecule has 8 heteroatoms. The lowest BCUT2D eigenvalue weighted by molar-refractivity contribution is -0.118. The number of nitrogens with zero attached hydrogens (tertiary/aromatic N) is 2. The van der Waals surface area contributed by atoms with Gasteiger partial charge in [0.1, 0.15) is 6.04 Å². The average molecular weight is 481 g/mol. The van der Waals surface area contributed by atoms with Gasteiger partial charge in [0.15, 0.2) is 16.7 Å². The zero-order valence-corrected chi connectivity index (χ0v) is 19.1. The average Bonchev–Trinajstić information content (AvgIpc) is 3.51. The summed E-state index contributed by atoms with van der Waals surface area (Å²) in [6, 6.07) is 18.0. The van der Waals surface area contributed by atoms with Crippen molar-refractivity contribution in [3.8, 4) is 0 Å². The van der Waals surface area contributed by atoms with Crippen LogP contribution in [0.15, 0.2) is 77.4 Å². The third-order valence-electron chi connectivity index (χ3n) is 5.35. The lowest BCUT2D eigenvalue weighted by Gasteiger charge is -2.23. The van der Waals surface area contributed by atoms with E-state index in [2.05, 4.69) is 4.98 Å². The van der Waals surface area contributed by atoms with Gasteiger partial charge in [-0.3, -0.25) is 14.5 Å². The van der Waals surface area contributed by atoms with Crippen molar-refractivity contribution in [1.29, 1.82) is 0 Å². The quantitative estimate of drug-likeness (QED) is 0.361. The summed E-state index contributed by atoms with van der Waals surface area (Å²) < 4.78 is 0.827. The van der Waals surface area contributed by atoms with Crippen molar-refractivity contribution in [2.24, 2.45) is 0 Å². The standard InChI is InChI=1S/C24H17ClN2O3S2/c25-15-9-10-16-19(13-15)32-24(26-16)27-21(18-7-4-12-31-18)20(22(29)23(27)30)17(28)11-8-14-5-2-1-3-6-14/h1-7,9-10,12-13,21,29H,8,11H2. The highest BCUT2D eigenvalue weighted by Crippen LogP contribution is 2.45. The van der Waals surface area contributed by atoms with E-state index >= 15 is 0 Å². The number of aliphatic hydroxyl groups excluding tert-OH is 1. The van der Waals surface area contributed by atoms with Gasteiger partial charge in [0.25, 0.3) is 5.91 Å². The summed E-state index contributed by atoms with van der Waals surface area (Å²) in [5.41, 5.74) is 1.86. The highest BCUT2D eigenvalue weighted by molar-refractivity contribution is 7.22. The zero-order valence-electron chi connectivity index (χ0n) is 16.7. The lowest BCUT2D eigenvalue weighted by atomic mass is 9.97. The maximum Gasteiger partial charge on any atom is 0.296 e. The van der Waals surface area contributed by atoms with E-state index in [1.165, 1.54) is 27.6 Å². The number of aryl methyl sites for hydroxylation is 1. The van der Waals surface area contributed by atoms with Gasteiger partial charge in [0.2, 0.25) is 0 Å². The van der Waals surface area contributed by atoms with E-state index in [-0.39, 0.29) is 17.8 Å². The molecular weight excluding hydrogens is 464 g/mol. The minimum Gasteiger partial charge on any atom is -0.503 e. The number of ketones is 1. The summed E-state index contributed by atoms with van der Waals surface area (Å²) in [7, 11) is 0. The molecule has 5 nitrogen and oxygen atoms in total. The third-order valence-corrected chi connectivity index (χ3v) is 7.53. The number of carbonyl (C=O) groups is 2. The summed E-state index contributed by atoms with van der Waals surface area (Å²) in [5.74, 6) is -1.36. The fourth-order valence-corrected chi connectivity index (χ4v) is 5.92. The molecule has 1 atom stereocenters. The molecule has 1 aliphatic rings. The monoisotopic (exact) mass is 480 g/mol. The summed E-state index contributed by atoms with van der Waals surface area (Å²) in [4.78, 5) is 33.2. The minimum atomic E-state index is -0.707. The molecule has 0 spiro atoms. The number of fused-ring (bicyclic) bond motifs is 1. The number of Topliss-reactive ketones (excluding diaryl/α,β-unsaturated/α-hetero) is 1. The van der Waals surface area contributed by atoms with E-state index in [0.717, 1.165) is 15.1 Å². The predicted octanol–water partition coefficient (Wildman–Crippen LogP) is 6.11. The molecule has 3 heterocycles. The Bertz CT molecular complexity index is 1350. The molecule has 0 bridgehead atoms. The number of thiazole rings is 1. The van der Waals surface area contributed by atoms with Gasteiger partial charge in [-0.25, -0.2) is 4.98 Å². The normalized spacial score (nSPS) is 16.3. The van der Waals surface area contributed by atoms with Crippen LogP contribution in [-0.4, -0.2) is 21.8 Å². The maximum absolute atomic E-state index is 13.2. The van der Waals surface area contributed by atoms with Gasteiger partial charge in [0.05, 0.1) is 15.8 Å². The molecule has 160 valence electrons. The van der Waals surface area contributed by atoms with Crippen molar-refractivity contribution >= 4 is 61.3 Å². The van der Waals surface area contributed by atoms with Crippen LogP contribution in [0.1, 0.15) is 22.9 Å². The first-order valence-electron chi connectivity index (χ1n) is 9.96. The first-order valence-corrected chi connectivity index (χ1v) is 12.0. The van der Waals surface area contributed by atoms with Crippen molar-refractivity contribution in [2.45, 2.75) is 18.9 Å². The predicted molar refractivity (Wildman–Crippen MR) is 129 cm³/mol. The Morgan fingerprint density at radius 3 is 2.69 bits per heavy atom. The number of aromatic nitrogens is 1. The van der Waals surface area contributed by atoms with Gasteiger partial charge in [0, 0.05) is 16.3 Å². The molecule has 0 radical (unpaired) electrons. The van der Waals surface area contributed by atoms with E-state index < -0.39 is 17.7 Å². The van der Waals surface area contributed by atoms with Crippen LogP contribution in [-0.2, 0) is 16.0 Å². The second-order valence-corrected chi connectivity index (χ2v) is 9.80. The number of rotatable bonds is 6. The molecule has 4 aromatic rings. The van der Waals surface area contributed by atoms with Crippen molar-refractivity contribution in [3.05, 3.63) is 92.8 Å². The van der Waals surface area contributed by atoms with Crippen LogP contribution in [0.3, 0.4) is 0 Å². The van der Waals surface area contributed by atoms with E-state index in [1.54, 1.807) is 18.2 Å². The van der Waals surface area contributed by atoms with Crippen LogP contribution in [0, 0.1) is 0 Å². The second-order valence-electron chi connectivity index (χ2n) is 7.37. The number of hydrogen-bond acceptors (Lipinski definition) is 6. The molecule has 1 unspecified atom stereocenters. The Morgan fingerprint density at radius 1 is 1.12 bits per heavy atom. The molecule has 1 aliphatic heterocycles. The smallest absolute Gasteiger partial charge is 0.296 e. The number of halogens is 1. The number of anilines is 1. The number of carbonyl (C=O) groups excluding carboxylic acids is 2. The van der Waals surface area contributed by atoms with Gasteiger partial charge >= 0.3 is 0 Å². The molecule has 0 saturated heterocycles. The van der Waals surface area contributed by atoms with Gasteiger partial charge in [-0.2, -0.15) is 0 Å². The van der Waals surface area contributed by atoms with Crippen LogP contribution in [0.5, 0.6) is 0 Å². The molecule has 5 rings (SSSR count). The SMILES string of the molecule is O=C(CCc1ccccc1)C1=C(O)C(=O)N(c2nc3ccc(Cl)cc3s2)C1c1cccs1. The molecule has 2 aromatic carbocycles. The number of hydrogen-bond donors (Lipinski definition) is 1. The third kappa shape index (κ3) is 3.72. The van der Waals surface area contributed by atoms with Crippen LogP contribution in [0.2, 0.25) is 5.02 Å². The van der Waals surface area contributed by atoms with Gasteiger partial charge in [-0.1, -0.05) is 59.3 Å². The van der Waals surface area contributed by atoms with Crippen molar-refractivity contribution in [1.82, 2.24) is 4.98 Å². The summed E-state index contributed by atoms with van der Waals surface area (Å²) in [6.07, 6.45) is 0.725. The molecular formula is C24H17ClN2O3S2. The highest BCUT2D eigenvalue weighted by atomic mass is 35.5. The fraction of sp³-hybridized carbons (Fsp3) is 0.125. The topological polar surface area (TPSA) is 70.5 Å². The number of aliphatic hydroxyl groups is 1. The maximum atomic E-state index is 13.2. The van der Waals surface area contributed by atoms with Crippen LogP contribution < -0.4 is 4.90 Å². The largest absolute Gasteiger partial charge is 0.503 e. The second kappa shape index (κ2) is 8.50. The molecule has 1 amide bonds. The number of amides is 1. The molecule has 0 saturated carbocycles. The van der Waals surface area contributed by atoms with E-state index in [0.29, 0.717) is 22.1 Å². The number of benzene rings is 2. The first kappa shape index (κ1) is 20.9. The molecule has 2 aromatic heterocycles. The van der Waals surface area contributed by atoms with Crippen molar-refractivity contribution in [2.75, 3.05) is 4.90 Å². The van der Waals surface area contributed by atoms with Gasteiger partial charge < -0.3 is 5.11 Å². The van der Waals surface area contributed by atoms with Crippen molar-refractivity contribution in [3.63, 3.8) is 0 Å². The molecule has 32 heavy (non-hydrogen) atoms. The molecule has 0 aliphatic carbocycles. The summed E-state index contributed by atoms with van der Waals surface area (Å²) in [5, 5.41) is 13.7. The molecule has 1 N–H and O–H groups in total. The summed E-state index contributed by atoms with van der Waals surface area (Å²) >= 11 is 8.84.